The van der Waals surface area contributed by atoms with Crippen LogP contribution in [0.1, 0.15) is 46.4 Å². The van der Waals surface area contributed by atoms with E-state index in [2.05, 4.69) is 29.6 Å². The van der Waals surface area contributed by atoms with E-state index in [1.165, 1.54) is 0 Å². The third-order valence-corrected chi connectivity index (χ3v) is 7.67. The Bertz CT molecular complexity index is 1540. The molecule has 1 aliphatic rings. The van der Waals surface area contributed by atoms with Gasteiger partial charge >= 0.3 is 24.2 Å². The van der Waals surface area contributed by atoms with Gasteiger partial charge in [0.15, 0.2) is 0 Å². The van der Waals surface area contributed by atoms with E-state index in [0.29, 0.717) is 25.7 Å². The molecule has 0 aromatic heterocycles. The Hall–Kier alpha value is -5.72. The minimum absolute atomic E-state index is 0.0483. The maximum Gasteiger partial charge on any atom is 0.543 e. The van der Waals surface area contributed by atoms with Crippen LogP contribution < -0.4 is 0 Å². The van der Waals surface area contributed by atoms with Crippen LogP contribution in [0.15, 0.2) is 109 Å². The summed E-state index contributed by atoms with van der Waals surface area (Å²) in [7, 11) is 0. The van der Waals surface area contributed by atoms with Gasteiger partial charge in [0.1, 0.15) is 0 Å². The summed E-state index contributed by atoms with van der Waals surface area (Å²) in [6, 6.07) is 32.4. The number of carbonyl (C=O) groups is 4. The van der Waals surface area contributed by atoms with Gasteiger partial charge in [0.25, 0.3) is 0 Å². The number of hydrogen-bond acceptors (Lipinski definition) is 12. The molecule has 4 aromatic rings. The van der Waals surface area contributed by atoms with Crippen LogP contribution in [-0.4, -0.2) is 37.5 Å². The van der Waals surface area contributed by atoms with Crippen LogP contribution in [0.5, 0.6) is 0 Å². The van der Waals surface area contributed by atoms with Gasteiger partial charge in [-0.1, -0.05) is 84.9 Å². The normalized spacial score (nSPS) is 15.4. The van der Waals surface area contributed by atoms with Crippen LogP contribution in [-0.2, 0) is 39.1 Å². The monoisotopic (exact) mass is 656 g/mol. The van der Waals surface area contributed by atoms with Crippen LogP contribution in [0.2, 0.25) is 0 Å². The first-order valence-corrected chi connectivity index (χ1v) is 15.2. The summed E-state index contributed by atoms with van der Waals surface area (Å²) in [6.45, 7) is 0.136. The van der Waals surface area contributed by atoms with E-state index in [9.17, 15) is 19.2 Å². The highest BCUT2D eigenvalue weighted by Gasteiger charge is 2.25. The van der Waals surface area contributed by atoms with Crippen LogP contribution in [0.3, 0.4) is 0 Å². The highest BCUT2D eigenvalue weighted by Crippen LogP contribution is 2.29. The van der Waals surface area contributed by atoms with Gasteiger partial charge in [0.05, 0.1) is 34.4 Å². The molecule has 0 unspecified atom stereocenters. The minimum Gasteiger partial charge on any atom is -0.432 e. The molecular weight excluding hydrogens is 624 g/mol. The van der Waals surface area contributed by atoms with Crippen LogP contribution in [0.25, 0.3) is 22.3 Å². The summed E-state index contributed by atoms with van der Waals surface area (Å²) >= 11 is 0. The predicted octanol–water partition coefficient (Wildman–Crippen LogP) is 7.84. The van der Waals surface area contributed by atoms with E-state index in [-0.39, 0.29) is 36.2 Å². The maximum absolute atomic E-state index is 12.3. The number of rotatable bonds is 12. The van der Waals surface area contributed by atoms with Crippen molar-refractivity contribution in [2.45, 2.75) is 25.7 Å². The summed E-state index contributed by atoms with van der Waals surface area (Å²) in [5.41, 5.74) is 3.87. The molecule has 0 heterocycles. The van der Waals surface area contributed by atoms with Crippen molar-refractivity contribution in [1.29, 1.82) is 0 Å². The fourth-order valence-electron chi connectivity index (χ4n) is 5.14. The number of carbonyl (C=O) groups excluding carboxylic acids is 4. The van der Waals surface area contributed by atoms with Crippen molar-refractivity contribution in [2.24, 2.45) is 11.8 Å². The first-order chi connectivity index (χ1) is 23.4. The van der Waals surface area contributed by atoms with Gasteiger partial charge in [-0.05, 0) is 84.0 Å². The average molecular weight is 657 g/mol. The van der Waals surface area contributed by atoms with Crippen LogP contribution >= 0.6 is 0 Å². The maximum atomic E-state index is 12.3. The fourth-order valence-corrected chi connectivity index (χ4v) is 5.14. The minimum atomic E-state index is -1.15. The van der Waals surface area contributed by atoms with E-state index in [1.807, 2.05) is 72.8 Å². The molecule has 1 aliphatic carbocycles. The van der Waals surface area contributed by atoms with Gasteiger partial charge in [0.2, 0.25) is 0 Å². The van der Waals surface area contributed by atoms with Gasteiger partial charge in [-0.25, -0.2) is 29.0 Å². The molecule has 48 heavy (non-hydrogen) atoms. The van der Waals surface area contributed by atoms with Crippen molar-refractivity contribution in [3.63, 3.8) is 0 Å². The molecule has 0 N–H and O–H groups in total. The van der Waals surface area contributed by atoms with Crippen molar-refractivity contribution in [1.82, 2.24) is 0 Å². The van der Waals surface area contributed by atoms with Gasteiger partial charge in [-0.2, -0.15) is 0 Å². The largest absolute Gasteiger partial charge is 0.543 e. The second-order valence-corrected chi connectivity index (χ2v) is 10.9. The van der Waals surface area contributed by atoms with E-state index in [1.54, 1.807) is 36.4 Å². The van der Waals surface area contributed by atoms with Crippen molar-refractivity contribution in [2.75, 3.05) is 13.2 Å². The second-order valence-electron chi connectivity index (χ2n) is 10.9. The average Bonchev–Trinajstić information content (AvgIpc) is 3.14. The molecule has 1 saturated carbocycles. The highest BCUT2D eigenvalue weighted by molar-refractivity contribution is 5.91. The molecule has 0 aliphatic heterocycles. The number of hydrogen-bond donors (Lipinski definition) is 0. The van der Waals surface area contributed by atoms with E-state index in [0.717, 1.165) is 22.3 Å². The lowest BCUT2D eigenvalue weighted by Gasteiger charge is -2.27. The Labute approximate surface area is 275 Å². The SMILES string of the molecule is O=C(OCC1CCC(COC(=O)OOOC(=O)c2cccc(-c3ccccc3)c2)CC1)OOOC(=O)c1cccc(-c2ccccc2)c1. The zero-order valence-electron chi connectivity index (χ0n) is 25.7. The first-order valence-electron chi connectivity index (χ1n) is 15.2. The lowest BCUT2D eigenvalue weighted by molar-refractivity contribution is -0.452. The molecule has 12 nitrogen and oxygen atoms in total. The molecule has 0 spiro atoms. The molecule has 1 fully saturated rings. The quantitative estimate of drug-likeness (QED) is 0.0833. The molecule has 0 radical (unpaired) electrons. The number of benzene rings is 4. The zero-order valence-corrected chi connectivity index (χ0v) is 25.7. The zero-order chi connectivity index (χ0) is 33.6. The Kier molecular flexibility index (Phi) is 12.1. The molecule has 12 heteroatoms. The summed E-state index contributed by atoms with van der Waals surface area (Å²) in [6.07, 6.45) is 0.470. The third kappa shape index (κ3) is 10.1. The number of ether oxygens (including phenoxy) is 2. The fraction of sp³-hybridized carbons (Fsp3) is 0.222. The molecule has 0 bridgehead atoms. The van der Waals surface area contributed by atoms with Crippen LogP contribution in [0, 0.1) is 11.8 Å². The standard InChI is InChI=1S/C36H32O12/c37-33(31-15-7-13-29(21-31)27-9-3-1-4-10-27)43-47-45-35(39)41-23-25-17-19-26(20-18-25)24-42-36(40)46-48-44-34(38)32-16-8-14-30(22-32)28-11-5-2-6-12-28/h1-16,21-22,25-26H,17-20,23-24H2. The Balaban J connectivity index is 0.913. The molecule has 5 rings (SSSR count). The topological polar surface area (TPSA) is 142 Å². The van der Waals surface area contributed by atoms with Crippen LogP contribution in [0.4, 0.5) is 9.59 Å². The van der Waals surface area contributed by atoms with Gasteiger partial charge in [-0.3, -0.25) is 9.78 Å². The Morgan fingerprint density at radius 2 is 0.833 bits per heavy atom. The summed E-state index contributed by atoms with van der Waals surface area (Å²) in [5, 5.41) is 8.66. The molecule has 248 valence electrons. The Morgan fingerprint density at radius 3 is 1.23 bits per heavy atom. The molecule has 0 amide bonds. The summed E-state index contributed by atoms with van der Waals surface area (Å²) < 4.78 is 10.1. The van der Waals surface area contributed by atoms with Crippen molar-refractivity contribution < 1.29 is 58.3 Å². The lowest BCUT2D eigenvalue weighted by Crippen LogP contribution is -2.24. The van der Waals surface area contributed by atoms with Crippen molar-refractivity contribution in [3.8, 4) is 22.3 Å². The second kappa shape index (κ2) is 17.3. The van der Waals surface area contributed by atoms with E-state index >= 15 is 0 Å². The van der Waals surface area contributed by atoms with Gasteiger partial charge in [0, 0.05) is 0 Å². The summed E-state index contributed by atoms with van der Waals surface area (Å²) in [4.78, 5) is 66.3. The molecule has 4 aromatic carbocycles. The van der Waals surface area contributed by atoms with Crippen molar-refractivity contribution in [3.05, 3.63) is 120 Å². The van der Waals surface area contributed by atoms with Crippen molar-refractivity contribution >= 4 is 24.2 Å². The molecule has 0 saturated heterocycles. The smallest absolute Gasteiger partial charge is 0.432 e. The predicted molar refractivity (Wildman–Crippen MR) is 167 cm³/mol. The van der Waals surface area contributed by atoms with E-state index in [4.69, 9.17) is 9.47 Å². The Morgan fingerprint density at radius 1 is 0.458 bits per heavy atom. The van der Waals surface area contributed by atoms with E-state index < -0.39 is 24.2 Å². The first kappa shape index (κ1) is 33.6. The lowest BCUT2D eigenvalue weighted by atomic mass is 9.83. The molecule has 0 atom stereocenters. The third-order valence-electron chi connectivity index (χ3n) is 7.67. The van der Waals surface area contributed by atoms with Gasteiger partial charge < -0.3 is 9.47 Å². The van der Waals surface area contributed by atoms with Gasteiger partial charge in [-0.15, -0.1) is 0 Å². The molecular formula is C36H32O12. The highest BCUT2D eigenvalue weighted by atomic mass is 17.5. The summed E-state index contributed by atoms with van der Waals surface area (Å²) in [5.74, 6) is -1.59.